The van der Waals surface area contributed by atoms with Gasteiger partial charge in [-0.05, 0) is 6.42 Å². The van der Waals surface area contributed by atoms with E-state index in [0.29, 0.717) is 13.2 Å². The summed E-state index contributed by atoms with van der Waals surface area (Å²) in [6, 6.07) is 0. The number of ether oxygens (including phenoxy) is 2. The van der Waals surface area contributed by atoms with E-state index in [2.05, 4.69) is 0 Å². The van der Waals surface area contributed by atoms with Crippen molar-refractivity contribution in [3.05, 3.63) is 0 Å². The Morgan fingerprint density at radius 3 is 2.62 bits per heavy atom. The van der Waals surface area contributed by atoms with E-state index in [1.807, 2.05) is 0 Å². The van der Waals surface area contributed by atoms with Crippen molar-refractivity contribution in [1.29, 1.82) is 0 Å². The van der Waals surface area contributed by atoms with Gasteiger partial charge in [0.2, 0.25) is 0 Å². The normalized spacial score (nSPS) is 20.8. The molecule has 0 radical (unpaired) electrons. The summed E-state index contributed by atoms with van der Waals surface area (Å²) < 4.78 is 40.2. The molecule has 1 rings (SSSR count). The first-order chi connectivity index (χ1) is 5.58. The van der Waals surface area contributed by atoms with Crippen LogP contribution in [0.4, 0.5) is 0 Å². The molecule has 1 aliphatic heterocycles. The van der Waals surface area contributed by atoms with Crippen molar-refractivity contribution in [3.63, 3.8) is 0 Å². The standard InChI is InChI=1S/C6H12O5S.Li/c7-12(8,9)3-1-2-10-4-6-5-11-6;/h6H,1-5H2,(H,7,8,9);/q;+1/p-1. The third-order valence-electron chi connectivity index (χ3n) is 1.39. The van der Waals surface area contributed by atoms with E-state index < -0.39 is 10.1 Å². The first-order valence-corrected chi connectivity index (χ1v) is 5.28. The average molecular weight is 202 g/mol. The van der Waals surface area contributed by atoms with Crippen LogP contribution < -0.4 is 18.9 Å². The summed E-state index contributed by atoms with van der Waals surface area (Å²) in [7, 11) is -4.07. The van der Waals surface area contributed by atoms with E-state index in [1.54, 1.807) is 0 Å². The van der Waals surface area contributed by atoms with Crippen molar-refractivity contribution in [3.8, 4) is 0 Å². The molecule has 0 aromatic carbocycles. The molecule has 0 amide bonds. The van der Waals surface area contributed by atoms with Crippen LogP contribution in [0.15, 0.2) is 0 Å². The van der Waals surface area contributed by atoms with Crippen LogP contribution >= 0.6 is 0 Å². The SMILES string of the molecule is O=S(=O)([O-])CCCOCC1CO1.[Li+]. The third kappa shape index (κ3) is 8.75. The molecule has 0 N–H and O–H groups in total. The number of hydrogen-bond donors (Lipinski definition) is 0. The smallest absolute Gasteiger partial charge is 0.748 e. The van der Waals surface area contributed by atoms with Crippen LogP contribution in [0.5, 0.6) is 0 Å². The van der Waals surface area contributed by atoms with Crippen LogP contribution in [0.1, 0.15) is 6.42 Å². The largest absolute Gasteiger partial charge is 1.00 e. The summed E-state index contributed by atoms with van der Waals surface area (Å²) in [6.45, 7) is 1.53. The zero-order chi connectivity index (χ0) is 9.03. The van der Waals surface area contributed by atoms with Crippen LogP contribution in [-0.4, -0.2) is 44.6 Å². The molecule has 0 saturated carbocycles. The minimum atomic E-state index is -4.07. The molecule has 72 valence electrons. The van der Waals surface area contributed by atoms with Gasteiger partial charge in [0.1, 0.15) is 6.10 Å². The van der Waals surface area contributed by atoms with E-state index in [-0.39, 0.29) is 37.1 Å². The van der Waals surface area contributed by atoms with Gasteiger partial charge in [0.05, 0.1) is 23.3 Å². The van der Waals surface area contributed by atoms with E-state index in [0.717, 1.165) is 6.61 Å². The molecule has 0 spiro atoms. The molecule has 13 heavy (non-hydrogen) atoms. The Bertz CT molecular complexity index is 223. The monoisotopic (exact) mass is 202 g/mol. The molecule has 1 unspecified atom stereocenters. The first kappa shape index (κ1) is 13.4. The van der Waals surface area contributed by atoms with E-state index in [1.165, 1.54) is 0 Å². The third-order valence-corrected chi connectivity index (χ3v) is 2.18. The van der Waals surface area contributed by atoms with Gasteiger partial charge in [-0.3, -0.25) is 0 Å². The molecule has 5 nitrogen and oxygen atoms in total. The van der Waals surface area contributed by atoms with Crippen LogP contribution in [0.25, 0.3) is 0 Å². The molecule has 1 fully saturated rings. The average Bonchev–Trinajstić information content (AvgIpc) is 2.68. The van der Waals surface area contributed by atoms with Gasteiger partial charge in [0, 0.05) is 12.4 Å². The van der Waals surface area contributed by atoms with Crippen molar-refractivity contribution in [1.82, 2.24) is 0 Å². The van der Waals surface area contributed by atoms with Crippen LogP contribution in [-0.2, 0) is 19.6 Å². The second-order valence-electron chi connectivity index (χ2n) is 2.65. The van der Waals surface area contributed by atoms with Gasteiger partial charge in [-0.1, -0.05) is 0 Å². The predicted octanol–water partition coefficient (Wildman–Crippen LogP) is -3.66. The zero-order valence-corrected chi connectivity index (χ0v) is 8.38. The Morgan fingerprint density at radius 2 is 2.15 bits per heavy atom. The fourth-order valence-corrected chi connectivity index (χ4v) is 1.19. The van der Waals surface area contributed by atoms with Gasteiger partial charge in [-0.25, -0.2) is 8.42 Å². The maximum atomic E-state index is 10.1. The van der Waals surface area contributed by atoms with Crippen LogP contribution in [0, 0.1) is 0 Å². The second-order valence-corrected chi connectivity index (χ2v) is 4.17. The molecule has 1 aliphatic rings. The molecule has 0 bridgehead atoms. The second kappa shape index (κ2) is 6.01. The maximum absolute atomic E-state index is 10.1. The molecular formula is C6H11LiO5S. The molecule has 7 heteroatoms. The fraction of sp³-hybridized carbons (Fsp3) is 1.00. The Labute approximate surface area is 89.7 Å². The molecular weight excluding hydrogens is 191 g/mol. The Kier molecular flexibility index (Phi) is 6.21. The van der Waals surface area contributed by atoms with Crippen molar-refractivity contribution < 1.29 is 41.3 Å². The van der Waals surface area contributed by atoms with Gasteiger partial charge < -0.3 is 14.0 Å². The number of epoxide rings is 1. The first-order valence-electron chi connectivity index (χ1n) is 3.71. The summed E-state index contributed by atoms with van der Waals surface area (Å²) in [5, 5.41) is 0. The number of rotatable bonds is 6. The van der Waals surface area contributed by atoms with E-state index in [9.17, 15) is 13.0 Å². The Morgan fingerprint density at radius 1 is 1.54 bits per heavy atom. The van der Waals surface area contributed by atoms with E-state index >= 15 is 0 Å². The zero-order valence-electron chi connectivity index (χ0n) is 7.56. The summed E-state index contributed by atoms with van der Waals surface area (Å²) >= 11 is 0. The summed E-state index contributed by atoms with van der Waals surface area (Å²) in [6.07, 6.45) is 0.451. The Hall–Kier alpha value is 0.427. The minimum Gasteiger partial charge on any atom is -0.748 e. The maximum Gasteiger partial charge on any atom is 1.00 e. The van der Waals surface area contributed by atoms with Crippen molar-refractivity contribution in [2.45, 2.75) is 12.5 Å². The van der Waals surface area contributed by atoms with Gasteiger partial charge in [-0.15, -0.1) is 0 Å². The predicted molar refractivity (Wildman–Crippen MR) is 39.7 cm³/mol. The molecule has 1 saturated heterocycles. The van der Waals surface area contributed by atoms with E-state index in [4.69, 9.17) is 9.47 Å². The minimum absolute atomic E-state index is 0. The molecule has 1 heterocycles. The number of hydrogen-bond acceptors (Lipinski definition) is 5. The van der Waals surface area contributed by atoms with Crippen molar-refractivity contribution in [2.24, 2.45) is 0 Å². The van der Waals surface area contributed by atoms with Crippen molar-refractivity contribution in [2.75, 3.05) is 25.6 Å². The van der Waals surface area contributed by atoms with Crippen LogP contribution in [0.3, 0.4) is 0 Å². The molecule has 0 aromatic heterocycles. The summed E-state index contributed by atoms with van der Waals surface area (Å²) in [5.41, 5.74) is 0. The van der Waals surface area contributed by atoms with Gasteiger partial charge in [-0.2, -0.15) is 0 Å². The van der Waals surface area contributed by atoms with Gasteiger partial charge in [0.25, 0.3) is 0 Å². The topological polar surface area (TPSA) is 79.0 Å². The van der Waals surface area contributed by atoms with Crippen LogP contribution in [0.2, 0.25) is 0 Å². The fourth-order valence-electron chi connectivity index (χ4n) is 0.717. The molecule has 1 atom stereocenters. The van der Waals surface area contributed by atoms with Gasteiger partial charge >= 0.3 is 18.9 Å². The molecule has 0 aliphatic carbocycles. The summed E-state index contributed by atoms with van der Waals surface area (Å²) in [5.74, 6) is -0.349. The molecule has 0 aromatic rings. The quantitative estimate of drug-likeness (QED) is 0.192. The van der Waals surface area contributed by atoms with Crippen molar-refractivity contribution >= 4 is 10.1 Å². The summed E-state index contributed by atoms with van der Waals surface area (Å²) in [4.78, 5) is 0. The van der Waals surface area contributed by atoms with Gasteiger partial charge in [0.15, 0.2) is 0 Å². The Balaban J connectivity index is 0.00000144.